The highest BCUT2D eigenvalue weighted by Gasteiger charge is 2.32. The van der Waals surface area contributed by atoms with Crippen molar-refractivity contribution >= 4 is 11.8 Å². The van der Waals surface area contributed by atoms with Gasteiger partial charge in [0, 0.05) is 33.1 Å². The molecule has 0 radical (unpaired) electrons. The van der Waals surface area contributed by atoms with Gasteiger partial charge in [-0.3, -0.25) is 9.59 Å². The molecule has 0 atom stereocenters. The van der Waals surface area contributed by atoms with Crippen molar-refractivity contribution in [3.8, 4) is 0 Å². The van der Waals surface area contributed by atoms with E-state index >= 15 is 0 Å². The van der Waals surface area contributed by atoms with E-state index in [9.17, 15) is 9.59 Å². The fourth-order valence-corrected chi connectivity index (χ4v) is 3.60. The summed E-state index contributed by atoms with van der Waals surface area (Å²) in [7, 11) is 0. The van der Waals surface area contributed by atoms with Gasteiger partial charge in [0.25, 0.3) is 0 Å². The van der Waals surface area contributed by atoms with E-state index in [2.05, 4.69) is 10.2 Å². The van der Waals surface area contributed by atoms with E-state index in [0.717, 1.165) is 11.1 Å². The number of amides is 2. The van der Waals surface area contributed by atoms with Gasteiger partial charge in [-0.1, -0.05) is 60.7 Å². The standard InChI is InChI=1S/C22H22N4O3/c1-16-23-24-20(29-16)22(28)26-14-12-25(13-15-26)21(27)19(17-8-4-2-5-9-17)18-10-6-3-7-11-18/h2-11,19H,12-15H2,1H3. The van der Waals surface area contributed by atoms with Gasteiger partial charge >= 0.3 is 11.8 Å². The minimum absolute atomic E-state index is 0.00581. The fourth-order valence-electron chi connectivity index (χ4n) is 3.60. The zero-order valence-electron chi connectivity index (χ0n) is 16.2. The average Bonchev–Trinajstić information content (AvgIpc) is 3.21. The highest BCUT2D eigenvalue weighted by atomic mass is 16.4. The normalized spacial score (nSPS) is 14.3. The Morgan fingerprint density at radius 2 is 1.34 bits per heavy atom. The van der Waals surface area contributed by atoms with Crippen LogP contribution in [0.5, 0.6) is 0 Å². The van der Waals surface area contributed by atoms with E-state index < -0.39 is 0 Å². The average molecular weight is 390 g/mol. The third-order valence-corrected chi connectivity index (χ3v) is 5.10. The third-order valence-electron chi connectivity index (χ3n) is 5.10. The van der Waals surface area contributed by atoms with E-state index in [-0.39, 0.29) is 23.6 Å². The molecule has 7 heteroatoms. The number of rotatable bonds is 4. The smallest absolute Gasteiger partial charge is 0.311 e. The van der Waals surface area contributed by atoms with Gasteiger partial charge in [-0.05, 0) is 11.1 Å². The third kappa shape index (κ3) is 4.03. The van der Waals surface area contributed by atoms with Gasteiger partial charge in [-0.2, -0.15) is 0 Å². The Morgan fingerprint density at radius 3 is 1.83 bits per heavy atom. The summed E-state index contributed by atoms with van der Waals surface area (Å²) in [6.45, 7) is 3.44. The molecule has 2 aromatic carbocycles. The first-order valence-electron chi connectivity index (χ1n) is 9.61. The largest absolute Gasteiger partial charge is 0.417 e. The zero-order chi connectivity index (χ0) is 20.2. The molecule has 148 valence electrons. The first-order valence-corrected chi connectivity index (χ1v) is 9.61. The summed E-state index contributed by atoms with van der Waals surface area (Å²) in [6, 6.07) is 19.6. The van der Waals surface area contributed by atoms with Crippen molar-refractivity contribution in [3.63, 3.8) is 0 Å². The summed E-state index contributed by atoms with van der Waals surface area (Å²) in [6.07, 6.45) is 0. The molecule has 1 fully saturated rings. The fraction of sp³-hybridized carbons (Fsp3) is 0.273. The summed E-state index contributed by atoms with van der Waals surface area (Å²) in [5.41, 5.74) is 1.92. The first-order chi connectivity index (χ1) is 14.1. The zero-order valence-corrected chi connectivity index (χ0v) is 16.2. The lowest BCUT2D eigenvalue weighted by Crippen LogP contribution is -2.51. The van der Waals surface area contributed by atoms with Crippen LogP contribution in [-0.2, 0) is 4.79 Å². The van der Waals surface area contributed by atoms with Crippen molar-refractivity contribution < 1.29 is 14.0 Å². The molecule has 29 heavy (non-hydrogen) atoms. The molecule has 2 amide bonds. The van der Waals surface area contributed by atoms with Gasteiger partial charge in [0.15, 0.2) is 0 Å². The number of nitrogens with zero attached hydrogens (tertiary/aromatic N) is 4. The van der Waals surface area contributed by atoms with Gasteiger partial charge in [0.1, 0.15) is 0 Å². The second-order valence-corrected chi connectivity index (χ2v) is 7.00. The van der Waals surface area contributed by atoms with Crippen molar-refractivity contribution in [1.82, 2.24) is 20.0 Å². The number of piperazine rings is 1. The van der Waals surface area contributed by atoms with E-state index in [1.54, 1.807) is 11.8 Å². The predicted molar refractivity (Wildman–Crippen MR) is 106 cm³/mol. The summed E-state index contributed by atoms with van der Waals surface area (Å²) in [4.78, 5) is 29.4. The minimum atomic E-state index is -0.363. The second-order valence-electron chi connectivity index (χ2n) is 7.00. The highest BCUT2D eigenvalue weighted by molar-refractivity contribution is 5.90. The number of hydrogen-bond acceptors (Lipinski definition) is 5. The van der Waals surface area contributed by atoms with E-state index in [1.807, 2.05) is 65.6 Å². The molecule has 3 aromatic rings. The van der Waals surface area contributed by atoms with E-state index in [4.69, 9.17) is 4.42 Å². The van der Waals surface area contributed by atoms with Gasteiger partial charge < -0.3 is 14.2 Å². The molecule has 0 bridgehead atoms. The lowest BCUT2D eigenvalue weighted by atomic mass is 9.90. The maximum Gasteiger partial charge on any atom is 0.311 e. The summed E-state index contributed by atoms with van der Waals surface area (Å²) < 4.78 is 5.23. The van der Waals surface area contributed by atoms with Gasteiger partial charge in [-0.25, -0.2) is 0 Å². The monoisotopic (exact) mass is 390 g/mol. The minimum Gasteiger partial charge on any atom is -0.417 e. The lowest BCUT2D eigenvalue weighted by Gasteiger charge is -2.36. The molecule has 0 unspecified atom stereocenters. The molecule has 1 aliphatic rings. The Bertz CT molecular complexity index is 940. The van der Waals surface area contributed by atoms with Crippen molar-refractivity contribution in [3.05, 3.63) is 83.6 Å². The van der Waals surface area contributed by atoms with Crippen LogP contribution in [0.15, 0.2) is 65.1 Å². The molecular weight excluding hydrogens is 368 g/mol. The summed E-state index contributed by atoms with van der Waals surface area (Å²) >= 11 is 0. The molecule has 1 aliphatic heterocycles. The van der Waals surface area contributed by atoms with E-state index in [1.165, 1.54) is 0 Å². The van der Waals surface area contributed by atoms with Crippen LogP contribution in [0.4, 0.5) is 0 Å². The molecule has 1 saturated heterocycles. The number of carbonyl (C=O) groups is 2. The number of carbonyl (C=O) groups excluding carboxylic acids is 2. The second kappa shape index (κ2) is 8.26. The van der Waals surface area contributed by atoms with Crippen LogP contribution in [0, 0.1) is 6.92 Å². The van der Waals surface area contributed by atoms with Gasteiger partial charge in [0.2, 0.25) is 11.8 Å². The molecular formula is C22H22N4O3. The van der Waals surface area contributed by atoms with Crippen molar-refractivity contribution in [2.45, 2.75) is 12.8 Å². The highest BCUT2D eigenvalue weighted by Crippen LogP contribution is 2.27. The first kappa shape index (κ1) is 18.9. The maximum absolute atomic E-state index is 13.4. The molecule has 0 N–H and O–H groups in total. The van der Waals surface area contributed by atoms with E-state index in [0.29, 0.717) is 32.1 Å². The molecule has 0 spiro atoms. The number of aryl methyl sites for hydroxylation is 1. The summed E-state index contributed by atoms with van der Waals surface area (Å²) in [5.74, 6) is -0.258. The number of aromatic nitrogens is 2. The van der Waals surface area contributed by atoms with Crippen molar-refractivity contribution in [2.24, 2.45) is 0 Å². The molecule has 0 aliphatic carbocycles. The Labute approximate surface area is 169 Å². The summed E-state index contributed by atoms with van der Waals surface area (Å²) in [5, 5.41) is 7.50. The molecule has 4 rings (SSSR count). The van der Waals surface area contributed by atoms with Crippen LogP contribution in [-0.4, -0.2) is 58.0 Å². The number of benzene rings is 2. The van der Waals surface area contributed by atoms with Crippen LogP contribution in [0.25, 0.3) is 0 Å². The van der Waals surface area contributed by atoms with Crippen LogP contribution in [0.2, 0.25) is 0 Å². The van der Waals surface area contributed by atoms with Crippen molar-refractivity contribution in [2.75, 3.05) is 26.2 Å². The Kier molecular flexibility index (Phi) is 5.37. The van der Waals surface area contributed by atoms with Gasteiger partial charge in [-0.15, -0.1) is 10.2 Å². The Balaban J connectivity index is 1.49. The predicted octanol–water partition coefficient (Wildman–Crippen LogP) is 2.49. The molecule has 1 aromatic heterocycles. The Morgan fingerprint density at radius 1 is 0.828 bits per heavy atom. The van der Waals surface area contributed by atoms with Crippen LogP contribution in [0.1, 0.15) is 33.6 Å². The van der Waals surface area contributed by atoms with Crippen LogP contribution >= 0.6 is 0 Å². The van der Waals surface area contributed by atoms with Gasteiger partial charge in [0.05, 0.1) is 5.92 Å². The molecule has 7 nitrogen and oxygen atoms in total. The molecule has 2 heterocycles. The number of hydrogen-bond donors (Lipinski definition) is 0. The van der Waals surface area contributed by atoms with Crippen LogP contribution < -0.4 is 0 Å². The lowest BCUT2D eigenvalue weighted by molar-refractivity contribution is -0.133. The quantitative estimate of drug-likeness (QED) is 0.684. The van der Waals surface area contributed by atoms with Crippen LogP contribution in [0.3, 0.4) is 0 Å². The SMILES string of the molecule is Cc1nnc(C(=O)N2CCN(C(=O)C(c3ccccc3)c3ccccc3)CC2)o1. The van der Waals surface area contributed by atoms with Crippen molar-refractivity contribution in [1.29, 1.82) is 0 Å². The molecule has 0 saturated carbocycles. The topological polar surface area (TPSA) is 79.5 Å². The maximum atomic E-state index is 13.4. The Hall–Kier alpha value is -3.48.